The van der Waals surface area contributed by atoms with E-state index in [4.69, 9.17) is 9.97 Å². The van der Waals surface area contributed by atoms with Gasteiger partial charge in [-0.2, -0.15) is 0 Å². The van der Waals surface area contributed by atoms with Crippen molar-refractivity contribution in [3.63, 3.8) is 0 Å². The lowest BCUT2D eigenvalue weighted by Crippen LogP contribution is -1.95. The molecule has 0 radical (unpaired) electrons. The lowest BCUT2D eigenvalue weighted by atomic mass is 9.99. The van der Waals surface area contributed by atoms with Crippen molar-refractivity contribution in [2.45, 2.75) is 0 Å². The van der Waals surface area contributed by atoms with Gasteiger partial charge >= 0.3 is 0 Å². The van der Waals surface area contributed by atoms with Gasteiger partial charge in [0.05, 0.1) is 22.2 Å². The van der Waals surface area contributed by atoms with Gasteiger partial charge in [-0.1, -0.05) is 121 Å². The number of fused-ring (bicyclic) bond motifs is 8. The Bertz CT molecular complexity index is 2830. The zero-order valence-electron chi connectivity index (χ0n) is 25.8. The number of aromatic nitrogens is 3. The zero-order valence-corrected chi connectivity index (χ0v) is 26.7. The molecule has 0 atom stereocenters. The highest BCUT2D eigenvalue weighted by molar-refractivity contribution is 7.27. The van der Waals surface area contributed by atoms with E-state index in [9.17, 15) is 0 Å². The quantitative estimate of drug-likeness (QED) is 0.194. The Labute approximate surface area is 281 Å². The van der Waals surface area contributed by atoms with Gasteiger partial charge in [-0.3, -0.25) is 0 Å². The number of benzene rings is 7. The highest BCUT2D eigenvalue weighted by atomic mass is 32.1. The minimum atomic E-state index is 0.744. The van der Waals surface area contributed by atoms with Crippen LogP contribution in [-0.4, -0.2) is 14.5 Å². The van der Waals surface area contributed by atoms with E-state index in [-0.39, 0.29) is 0 Å². The van der Waals surface area contributed by atoms with E-state index < -0.39 is 0 Å². The fraction of sp³-hybridized carbons (Fsp3) is 0. The summed E-state index contributed by atoms with van der Waals surface area (Å²) in [6, 6.07) is 58.1. The van der Waals surface area contributed by atoms with Crippen LogP contribution in [0.2, 0.25) is 0 Å². The van der Waals surface area contributed by atoms with Gasteiger partial charge in [-0.15, -0.1) is 11.3 Å². The summed E-state index contributed by atoms with van der Waals surface area (Å²) in [5.74, 6) is 0.744. The standard InChI is InChI=1S/C44H27N3S/c1-3-13-28(14-4-1)29-15-11-16-30(27-29)41-34-19-7-9-23-37(34)45-44(46-41)36-22-12-21-32-33-25-26-39-40(43(33)48-42(32)36)35-20-8-10-24-38(35)47(39)31-17-5-2-6-18-31/h1-27H. The molecule has 3 heterocycles. The Morgan fingerprint density at radius 1 is 0.438 bits per heavy atom. The van der Waals surface area contributed by atoms with Crippen LogP contribution in [0.5, 0.6) is 0 Å². The van der Waals surface area contributed by atoms with Crippen molar-refractivity contribution < 1.29 is 0 Å². The van der Waals surface area contributed by atoms with Crippen molar-refractivity contribution in [3.8, 4) is 39.5 Å². The summed E-state index contributed by atoms with van der Waals surface area (Å²) in [4.78, 5) is 10.5. The molecular weight excluding hydrogens is 603 g/mol. The van der Waals surface area contributed by atoms with Crippen LogP contribution in [-0.2, 0) is 0 Å². The molecule has 4 heteroatoms. The van der Waals surface area contributed by atoms with Crippen LogP contribution in [0.15, 0.2) is 164 Å². The van der Waals surface area contributed by atoms with E-state index in [1.165, 1.54) is 58.8 Å². The molecule has 0 saturated heterocycles. The number of hydrogen-bond donors (Lipinski definition) is 0. The molecule has 10 rings (SSSR count). The third kappa shape index (κ3) is 4.13. The summed E-state index contributed by atoms with van der Waals surface area (Å²) in [6.07, 6.45) is 0. The van der Waals surface area contributed by atoms with Crippen LogP contribution in [0.3, 0.4) is 0 Å². The maximum Gasteiger partial charge on any atom is 0.161 e. The first kappa shape index (κ1) is 27.1. The summed E-state index contributed by atoms with van der Waals surface area (Å²) in [7, 11) is 0. The van der Waals surface area contributed by atoms with Gasteiger partial charge in [-0.05, 0) is 53.6 Å². The largest absolute Gasteiger partial charge is 0.309 e. The fourth-order valence-corrected chi connectivity index (χ4v) is 8.60. The summed E-state index contributed by atoms with van der Waals surface area (Å²) < 4.78 is 4.88. The first-order valence-electron chi connectivity index (χ1n) is 16.2. The number of thiophene rings is 1. The van der Waals surface area contributed by atoms with E-state index in [1.807, 2.05) is 11.3 Å². The van der Waals surface area contributed by atoms with Crippen LogP contribution in [0, 0.1) is 0 Å². The van der Waals surface area contributed by atoms with E-state index in [2.05, 4.69) is 168 Å². The minimum absolute atomic E-state index is 0.744. The molecule has 0 amide bonds. The molecule has 0 aliphatic rings. The molecule has 224 valence electrons. The lowest BCUT2D eigenvalue weighted by Gasteiger charge is -2.11. The van der Waals surface area contributed by atoms with Crippen LogP contribution in [0.1, 0.15) is 0 Å². The summed E-state index contributed by atoms with van der Waals surface area (Å²) in [6.45, 7) is 0. The van der Waals surface area contributed by atoms with Crippen molar-refractivity contribution in [2.24, 2.45) is 0 Å². The first-order valence-corrected chi connectivity index (χ1v) is 17.0. The predicted octanol–water partition coefficient (Wildman–Crippen LogP) is 12.1. The van der Waals surface area contributed by atoms with Gasteiger partial charge < -0.3 is 4.57 Å². The van der Waals surface area contributed by atoms with Crippen LogP contribution >= 0.6 is 11.3 Å². The second-order valence-electron chi connectivity index (χ2n) is 12.2. The average molecular weight is 630 g/mol. The van der Waals surface area contributed by atoms with E-state index >= 15 is 0 Å². The lowest BCUT2D eigenvalue weighted by molar-refractivity contribution is 1.18. The van der Waals surface area contributed by atoms with E-state index in [0.29, 0.717) is 0 Å². The number of hydrogen-bond acceptors (Lipinski definition) is 3. The average Bonchev–Trinajstić information content (AvgIpc) is 3.71. The molecule has 0 aliphatic heterocycles. The SMILES string of the molecule is c1ccc(-c2cccc(-c3nc(-c4cccc5c4sc4c5ccc5c4c4ccccc4n5-c4ccccc4)nc4ccccc34)c2)cc1. The Morgan fingerprint density at radius 2 is 1.10 bits per heavy atom. The van der Waals surface area contributed by atoms with Gasteiger partial charge in [0.25, 0.3) is 0 Å². The third-order valence-corrected chi connectivity index (χ3v) is 10.7. The van der Waals surface area contributed by atoms with Crippen molar-refractivity contribution >= 4 is 64.2 Å². The fourth-order valence-electron chi connectivity index (χ4n) is 7.23. The smallest absolute Gasteiger partial charge is 0.161 e. The monoisotopic (exact) mass is 629 g/mol. The third-order valence-electron chi connectivity index (χ3n) is 9.40. The molecular formula is C44H27N3S. The molecule has 0 N–H and O–H groups in total. The van der Waals surface area contributed by atoms with E-state index in [0.717, 1.165) is 33.5 Å². The van der Waals surface area contributed by atoms with Gasteiger partial charge in [0.1, 0.15) is 0 Å². The Kier molecular flexibility index (Phi) is 6.05. The Balaban J connectivity index is 1.22. The Morgan fingerprint density at radius 3 is 1.98 bits per heavy atom. The molecule has 3 aromatic heterocycles. The second-order valence-corrected chi connectivity index (χ2v) is 13.2. The van der Waals surface area contributed by atoms with Crippen molar-refractivity contribution in [3.05, 3.63) is 164 Å². The number of nitrogens with zero attached hydrogens (tertiary/aromatic N) is 3. The van der Waals surface area contributed by atoms with Crippen molar-refractivity contribution in [1.82, 2.24) is 14.5 Å². The van der Waals surface area contributed by atoms with Crippen LogP contribution in [0.4, 0.5) is 0 Å². The van der Waals surface area contributed by atoms with Crippen molar-refractivity contribution in [1.29, 1.82) is 0 Å². The van der Waals surface area contributed by atoms with Gasteiger partial charge in [0.15, 0.2) is 5.82 Å². The predicted molar refractivity (Wildman–Crippen MR) is 203 cm³/mol. The topological polar surface area (TPSA) is 30.7 Å². The minimum Gasteiger partial charge on any atom is -0.309 e. The second kappa shape index (κ2) is 10.7. The van der Waals surface area contributed by atoms with Gasteiger partial charge in [-0.25, -0.2) is 9.97 Å². The number of para-hydroxylation sites is 3. The molecule has 48 heavy (non-hydrogen) atoms. The summed E-state index contributed by atoms with van der Waals surface area (Å²) in [5.41, 5.74) is 9.97. The molecule has 0 saturated carbocycles. The van der Waals surface area contributed by atoms with Gasteiger partial charge in [0.2, 0.25) is 0 Å². The molecule has 0 bridgehead atoms. The molecule has 0 unspecified atom stereocenters. The summed E-state index contributed by atoms with van der Waals surface area (Å²) in [5, 5.41) is 6.09. The number of rotatable bonds is 4. The maximum absolute atomic E-state index is 5.34. The molecule has 10 aromatic rings. The molecule has 0 spiro atoms. The van der Waals surface area contributed by atoms with Crippen LogP contribution < -0.4 is 0 Å². The first-order chi connectivity index (χ1) is 23.8. The van der Waals surface area contributed by atoms with E-state index in [1.54, 1.807) is 0 Å². The molecule has 0 fully saturated rings. The zero-order chi connectivity index (χ0) is 31.6. The molecule has 0 aliphatic carbocycles. The summed E-state index contributed by atoms with van der Waals surface area (Å²) >= 11 is 1.85. The van der Waals surface area contributed by atoms with Crippen molar-refractivity contribution in [2.75, 3.05) is 0 Å². The molecule has 7 aromatic carbocycles. The van der Waals surface area contributed by atoms with Gasteiger partial charge in [0, 0.05) is 53.1 Å². The Hall–Kier alpha value is -6.10. The van der Waals surface area contributed by atoms with Crippen LogP contribution in [0.25, 0.3) is 92.3 Å². The molecule has 3 nitrogen and oxygen atoms in total. The normalized spacial score (nSPS) is 11.8. The highest BCUT2D eigenvalue weighted by Crippen LogP contribution is 2.46. The highest BCUT2D eigenvalue weighted by Gasteiger charge is 2.20. The maximum atomic E-state index is 5.34.